The smallest absolute Gasteiger partial charge is 0.349 e. The van der Waals surface area contributed by atoms with Gasteiger partial charge in [-0.3, -0.25) is 4.79 Å². The van der Waals surface area contributed by atoms with Crippen molar-refractivity contribution < 1.29 is 13.9 Å². The molecule has 1 amide bonds. The Balaban J connectivity index is 1.23. The van der Waals surface area contributed by atoms with Gasteiger partial charge in [0.1, 0.15) is 22.5 Å². The van der Waals surface area contributed by atoms with Crippen molar-refractivity contribution in [3.05, 3.63) is 57.0 Å². The molecule has 4 aromatic rings. The second-order valence-electron chi connectivity index (χ2n) is 11.3. The van der Waals surface area contributed by atoms with Crippen molar-refractivity contribution in [3.8, 4) is 5.75 Å². The number of amides is 1. The number of hydrogen-bond donors (Lipinski definition) is 0. The molecule has 0 saturated carbocycles. The van der Waals surface area contributed by atoms with Gasteiger partial charge < -0.3 is 19.0 Å². The lowest BCUT2D eigenvalue weighted by atomic mass is 9.72. The normalized spacial score (nSPS) is 18.2. The summed E-state index contributed by atoms with van der Waals surface area (Å²) in [5, 5.41) is 1.84. The topological polar surface area (TPSA) is 88.8 Å². The maximum absolute atomic E-state index is 13.3. The van der Waals surface area contributed by atoms with Crippen molar-refractivity contribution in [2.75, 3.05) is 38.2 Å². The molecule has 0 radical (unpaired) electrons. The Morgan fingerprint density at radius 1 is 1.16 bits per heavy atom. The number of aryl methyl sites for hydroxylation is 1. The van der Waals surface area contributed by atoms with E-state index < -0.39 is 5.63 Å². The molecular weight excluding hydrogens is 500 g/mol. The molecule has 1 fully saturated rings. The van der Waals surface area contributed by atoms with E-state index in [1.165, 1.54) is 29.4 Å². The highest BCUT2D eigenvalue weighted by molar-refractivity contribution is 7.19. The average Bonchev–Trinajstić information content (AvgIpc) is 3.30. The van der Waals surface area contributed by atoms with Gasteiger partial charge in [0.05, 0.1) is 12.5 Å². The number of aromatic nitrogens is 2. The van der Waals surface area contributed by atoms with Gasteiger partial charge in [-0.25, -0.2) is 14.8 Å². The van der Waals surface area contributed by atoms with Gasteiger partial charge >= 0.3 is 5.63 Å². The fourth-order valence-corrected chi connectivity index (χ4v) is 7.05. The number of nitrogens with zero attached hydrogens (tertiary/aromatic N) is 4. The van der Waals surface area contributed by atoms with Gasteiger partial charge in [-0.2, -0.15) is 0 Å². The van der Waals surface area contributed by atoms with Crippen molar-refractivity contribution in [2.24, 2.45) is 11.3 Å². The molecule has 8 nitrogen and oxygen atoms in total. The monoisotopic (exact) mass is 532 g/mol. The van der Waals surface area contributed by atoms with E-state index in [2.05, 4.69) is 30.7 Å². The first kappa shape index (κ1) is 24.9. The quantitative estimate of drug-likeness (QED) is 0.346. The van der Waals surface area contributed by atoms with Crippen LogP contribution in [0.15, 0.2) is 39.8 Å². The lowest BCUT2D eigenvalue weighted by Gasteiger charge is -2.36. The Labute approximate surface area is 225 Å². The summed E-state index contributed by atoms with van der Waals surface area (Å²) < 4.78 is 10.8. The molecule has 1 aromatic carbocycles. The third-order valence-electron chi connectivity index (χ3n) is 8.09. The van der Waals surface area contributed by atoms with E-state index >= 15 is 0 Å². The van der Waals surface area contributed by atoms with Crippen LogP contribution in [0.4, 0.5) is 5.82 Å². The van der Waals surface area contributed by atoms with E-state index in [1.807, 2.05) is 17.4 Å². The summed E-state index contributed by atoms with van der Waals surface area (Å²) in [6, 6.07) is 6.95. The van der Waals surface area contributed by atoms with E-state index in [0.717, 1.165) is 23.5 Å². The lowest BCUT2D eigenvalue weighted by Crippen LogP contribution is -2.49. The van der Waals surface area contributed by atoms with E-state index in [4.69, 9.17) is 14.1 Å². The fraction of sp³-hybridized carbons (Fsp3) is 0.448. The van der Waals surface area contributed by atoms with Gasteiger partial charge in [0.2, 0.25) is 0 Å². The lowest BCUT2D eigenvalue weighted by molar-refractivity contribution is 0.0742. The first-order valence-electron chi connectivity index (χ1n) is 13.1. The largest absolute Gasteiger partial charge is 0.493 e. The van der Waals surface area contributed by atoms with Crippen LogP contribution in [0.1, 0.15) is 48.0 Å². The summed E-state index contributed by atoms with van der Waals surface area (Å²) in [4.78, 5) is 41.9. The second-order valence-corrected chi connectivity index (χ2v) is 12.4. The van der Waals surface area contributed by atoms with Crippen LogP contribution in [0.25, 0.3) is 21.2 Å². The number of rotatable bonds is 3. The molecule has 2 aliphatic rings. The van der Waals surface area contributed by atoms with Gasteiger partial charge in [0.25, 0.3) is 5.91 Å². The molecule has 198 valence electrons. The molecule has 0 bridgehead atoms. The Morgan fingerprint density at radius 2 is 1.95 bits per heavy atom. The number of carbonyl (C=O) groups excluding carboxylic acids is 1. The van der Waals surface area contributed by atoms with Crippen LogP contribution in [0.3, 0.4) is 0 Å². The van der Waals surface area contributed by atoms with Gasteiger partial charge in [-0.15, -0.1) is 11.3 Å². The Kier molecular flexibility index (Phi) is 6.13. The number of carbonyl (C=O) groups is 1. The minimum Gasteiger partial charge on any atom is -0.493 e. The molecule has 0 N–H and O–H groups in total. The summed E-state index contributed by atoms with van der Waals surface area (Å²) in [6.45, 7) is 9.28. The van der Waals surface area contributed by atoms with Crippen LogP contribution in [0, 0.1) is 11.3 Å². The first-order chi connectivity index (χ1) is 18.2. The molecule has 4 heterocycles. The van der Waals surface area contributed by atoms with Crippen molar-refractivity contribution in [3.63, 3.8) is 0 Å². The zero-order chi connectivity index (χ0) is 26.6. The number of anilines is 1. The number of methoxy groups -OCH3 is 1. The second kappa shape index (κ2) is 9.38. The number of para-hydroxylation sites is 1. The van der Waals surface area contributed by atoms with Crippen molar-refractivity contribution >= 4 is 44.2 Å². The summed E-state index contributed by atoms with van der Waals surface area (Å²) in [5.74, 6) is 1.79. The van der Waals surface area contributed by atoms with E-state index in [0.29, 0.717) is 54.2 Å². The number of fused-ring (bicyclic) bond motifs is 4. The predicted octanol–water partition coefficient (Wildman–Crippen LogP) is 4.92. The van der Waals surface area contributed by atoms with E-state index in [9.17, 15) is 9.59 Å². The van der Waals surface area contributed by atoms with E-state index in [-0.39, 0.29) is 11.5 Å². The molecule has 6 rings (SSSR count). The summed E-state index contributed by atoms with van der Waals surface area (Å²) in [6.07, 6.45) is 4.99. The maximum atomic E-state index is 13.3. The van der Waals surface area contributed by atoms with E-state index in [1.54, 1.807) is 29.4 Å². The van der Waals surface area contributed by atoms with Crippen molar-refractivity contribution in [1.82, 2.24) is 14.9 Å². The SMILES string of the molecule is COc1cccc2cc(C(=O)N3CCN(c4ncnc5sc6c(c45)CCC(C(C)(C)C)C6)CC3)c(=O)oc12. The molecule has 38 heavy (non-hydrogen) atoms. The molecule has 1 saturated heterocycles. The minimum absolute atomic E-state index is 0.0453. The van der Waals surface area contributed by atoms with Gasteiger partial charge in [0.15, 0.2) is 11.3 Å². The molecular formula is C29H32N4O4S. The highest BCUT2D eigenvalue weighted by atomic mass is 32.1. The van der Waals surface area contributed by atoms with Gasteiger partial charge in [-0.1, -0.05) is 32.9 Å². The molecule has 1 aliphatic carbocycles. The van der Waals surface area contributed by atoms with Crippen LogP contribution in [0.2, 0.25) is 0 Å². The van der Waals surface area contributed by atoms with Crippen LogP contribution in [-0.4, -0.2) is 54.1 Å². The number of hydrogen-bond acceptors (Lipinski definition) is 8. The molecule has 3 aromatic heterocycles. The molecule has 0 spiro atoms. The fourth-order valence-electron chi connectivity index (χ4n) is 5.79. The summed E-state index contributed by atoms with van der Waals surface area (Å²) >= 11 is 1.81. The third kappa shape index (κ3) is 4.22. The minimum atomic E-state index is -0.648. The third-order valence-corrected chi connectivity index (χ3v) is 9.25. The Bertz CT molecular complexity index is 1590. The summed E-state index contributed by atoms with van der Waals surface area (Å²) in [7, 11) is 1.52. The maximum Gasteiger partial charge on any atom is 0.349 e. The number of piperazine rings is 1. The van der Waals surface area contributed by atoms with Crippen molar-refractivity contribution in [2.45, 2.75) is 40.0 Å². The highest BCUT2D eigenvalue weighted by Crippen LogP contribution is 2.44. The van der Waals surface area contributed by atoms with Crippen LogP contribution in [-0.2, 0) is 12.8 Å². The highest BCUT2D eigenvalue weighted by Gasteiger charge is 2.33. The average molecular weight is 533 g/mol. The molecule has 9 heteroatoms. The van der Waals surface area contributed by atoms with Crippen LogP contribution < -0.4 is 15.3 Å². The predicted molar refractivity (Wildman–Crippen MR) is 150 cm³/mol. The number of ether oxygens (including phenoxy) is 1. The standard InChI is InChI=1S/C29H32N4O4S/c1-29(2,3)18-8-9-19-22(15-18)38-26-23(19)25(30-16-31-26)32-10-12-33(13-11-32)27(34)20-14-17-6-5-7-21(36-4)24(17)37-28(20)35/h5-7,14,16,18H,8-13,15H2,1-4H3. The van der Waals surface area contributed by atoms with Gasteiger partial charge in [-0.05, 0) is 48.3 Å². The zero-order valence-electron chi connectivity index (χ0n) is 22.2. The van der Waals surface area contributed by atoms with Crippen LogP contribution >= 0.6 is 11.3 Å². The molecule has 1 unspecified atom stereocenters. The molecule has 1 atom stereocenters. The van der Waals surface area contributed by atoms with Crippen LogP contribution in [0.5, 0.6) is 5.75 Å². The first-order valence-corrected chi connectivity index (χ1v) is 14.0. The number of benzene rings is 1. The number of thiophene rings is 1. The zero-order valence-corrected chi connectivity index (χ0v) is 23.1. The summed E-state index contributed by atoms with van der Waals surface area (Å²) in [5.41, 5.74) is 1.44. The Morgan fingerprint density at radius 3 is 2.68 bits per heavy atom. The Hall–Kier alpha value is -3.46. The van der Waals surface area contributed by atoms with Gasteiger partial charge in [0, 0.05) is 36.4 Å². The molecule has 1 aliphatic heterocycles. The van der Waals surface area contributed by atoms with Crippen molar-refractivity contribution in [1.29, 1.82) is 0 Å².